The number of rotatable bonds is 19. The summed E-state index contributed by atoms with van der Waals surface area (Å²) in [6.45, 7) is 28.6. The molecule has 0 bridgehead atoms. The average Bonchev–Trinajstić information content (AvgIpc) is 2.17. The van der Waals surface area contributed by atoms with Gasteiger partial charge in [0.25, 0.3) is 0 Å². The van der Waals surface area contributed by atoms with Gasteiger partial charge in [-0.3, -0.25) is 33.6 Å². The summed E-state index contributed by atoms with van der Waals surface area (Å²) >= 11 is 1.59. The Morgan fingerprint density at radius 1 is 0.368 bits per heavy atom. The third-order valence-corrected chi connectivity index (χ3v) is 14.3. The van der Waals surface area contributed by atoms with Gasteiger partial charge in [-0.05, 0) is 141 Å². The van der Waals surface area contributed by atoms with Crippen molar-refractivity contribution in [1.29, 1.82) is 0 Å². The lowest BCUT2D eigenvalue weighted by Gasteiger charge is -2.01. The predicted octanol–water partition coefficient (Wildman–Crippen LogP) is 18.6. The minimum atomic E-state index is -0.939. The number of aryl methyl sites for hydroxylation is 10. The number of ether oxygens (including phenoxy) is 3. The summed E-state index contributed by atoms with van der Waals surface area (Å²) in [6, 6.07) is 64.1. The molecule has 95 heavy (non-hydrogen) atoms. The highest BCUT2D eigenvalue weighted by Crippen LogP contribution is 2.18. The highest BCUT2D eigenvalue weighted by atomic mass is 32.2. The molecule has 0 fully saturated rings. The second kappa shape index (κ2) is 49.1. The highest BCUT2D eigenvalue weighted by molar-refractivity contribution is 8.00. The molecule has 8 aromatic carbocycles. The van der Waals surface area contributed by atoms with Gasteiger partial charge in [-0.1, -0.05) is 239 Å². The quantitative estimate of drug-likeness (QED) is 0.0265. The van der Waals surface area contributed by atoms with E-state index in [-0.39, 0.29) is 53.9 Å². The summed E-state index contributed by atoms with van der Waals surface area (Å²) < 4.78 is 14.5. The van der Waals surface area contributed by atoms with Crippen LogP contribution in [0.25, 0.3) is 6.08 Å². The Morgan fingerprint density at radius 3 is 0.968 bits per heavy atom. The lowest BCUT2D eigenvalue weighted by Crippen LogP contribution is -2.03. The van der Waals surface area contributed by atoms with Crippen molar-refractivity contribution < 1.29 is 57.7 Å². The number of benzene rings is 8. The van der Waals surface area contributed by atoms with E-state index in [1.54, 1.807) is 50.7 Å². The van der Waals surface area contributed by atoms with Gasteiger partial charge in [0.05, 0.1) is 12.2 Å². The summed E-state index contributed by atoms with van der Waals surface area (Å²) in [4.78, 5) is 86.1. The maximum absolute atomic E-state index is 11.4. The molecule has 8 rings (SSSR count). The molecular weight excluding hydrogens is 1210 g/mol. The van der Waals surface area contributed by atoms with Gasteiger partial charge in [0.2, 0.25) is 0 Å². The first-order valence-electron chi connectivity index (χ1n) is 31.4. The van der Waals surface area contributed by atoms with Crippen molar-refractivity contribution in [3.63, 3.8) is 0 Å². The van der Waals surface area contributed by atoms with Gasteiger partial charge in [-0.15, -0.1) is 11.8 Å². The number of carbonyl (C=O) groups is 8. The first-order chi connectivity index (χ1) is 45.0. The van der Waals surface area contributed by atoms with Crippen LogP contribution in [0.1, 0.15) is 156 Å². The molecule has 0 atom stereocenters. The van der Waals surface area contributed by atoms with E-state index in [1.165, 1.54) is 70.8 Å². The third kappa shape index (κ3) is 46.2. The van der Waals surface area contributed by atoms with Crippen LogP contribution in [-0.2, 0) is 80.4 Å². The zero-order valence-corrected chi connectivity index (χ0v) is 59.2. The summed E-state index contributed by atoms with van der Waals surface area (Å²) in [6.07, 6.45) is 6.02. The highest BCUT2D eigenvalue weighted by Gasteiger charge is 2.08. The minimum absolute atomic E-state index is 0.0679. The second-order valence-corrected chi connectivity index (χ2v) is 23.7. The van der Waals surface area contributed by atoms with Gasteiger partial charge in [0.15, 0.2) is 11.6 Å². The van der Waals surface area contributed by atoms with Gasteiger partial charge in [-0.25, -0.2) is 0 Å². The van der Waals surface area contributed by atoms with Crippen LogP contribution in [0.5, 0.6) is 0 Å². The van der Waals surface area contributed by atoms with Crippen molar-refractivity contribution in [1.82, 2.24) is 0 Å². The van der Waals surface area contributed by atoms with Crippen LogP contribution >= 0.6 is 11.8 Å². The molecule has 0 unspecified atom stereocenters. The van der Waals surface area contributed by atoms with Gasteiger partial charge in [0.1, 0.15) is 31.4 Å². The number of allylic oxidation sites excluding steroid dienone is 1. The topological polar surface area (TPSA) is 184 Å². The average molecular weight is 1310 g/mol. The number of carboxylic acids is 1. The zero-order chi connectivity index (χ0) is 71.1. The van der Waals surface area contributed by atoms with Crippen molar-refractivity contribution in [3.05, 3.63) is 284 Å². The Hall–Kier alpha value is -9.59. The molecule has 12 nitrogen and oxygen atoms in total. The molecule has 8 aromatic rings. The fourth-order valence-corrected chi connectivity index (χ4v) is 8.02. The van der Waals surface area contributed by atoms with E-state index in [9.17, 15) is 38.4 Å². The number of ketones is 4. The first-order valence-corrected chi connectivity index (χ1v) is 32.4. The van der Waals surface area contributed by atoms with E-state index in [1.807, 2.05) is 162 Å². The van der Waals surface area contributed by atoms with Gasteiger partial charge < -0.3 is 24.1 Å². The van der Waals surface area contributed by atoms with E-state index in [0.29, 0.717) is 37.6 Å². The van der Waals surface area contributed by atoms with Crippen LogP contribution < -0.4 is 0 Å². The Balaban J connectivity index is 0.000000544. The standard InChI is InChI=1S/C11H12O3.C11H14O.C11H12O.3C10H12O2.C10H12OS.C9H12/c1-8-2-4-9(5-3-8)10(12)6-7-11(13)14;2*1-9-3-6-11(7-4-9)8-5-10(2)12;3*1-8-3-5-10(6-4-8)7-12-9(2)11;1-8-3-5-10(6-4-8)12-7-9(2)11;1-3-9-6-4-8(2)5-7-9/h2-5H,6-7H2,1H3,(H,13,14);3-4,6-7H,5,8H2,1-2H3;3-8H,1-2H3;4*3-6H,7H2,1-2H3;4-7H,3H2,1-2H3/b;;8-5+;;;;;. The second-order valence-electron chi connectivity index (χ2n) is 22.7. The van der Waals surface area contributed by atoms with E-state index in [2.05, 4.69) is 88.4 Å². The smallest absolute Gasteiger partial charge is 0.303 e. The van der Waals surface area contributed by atoms with Gasteiger partial charge in [0, 0.05) is 44.1 Å². The lowest BCUT2D eigenvalue weighted by molar-refractivity contribution is -0.143. The normalized spacial score (nSPS) is 9.76. The molecule has 0 saturated carbocycles. The molecule has 0 amide bonds. The Labute approximate surface area is 569 Å². The molecule has 0 aliphatic carbocycles. The van der Waals surface area contributed by atoms with Crippen molar-refractivity contribution >= 4 is 64.8 Å². The van der Waals surface area contributed by atoms with E-state index in [0.717, 1.165) is 45.6 Å². The third-order valence-electron chi connectivity index (χ3n) is 13.1. The van der Waals surface area contributed by atoms with Crippen LogP contribution in [0.2, 0.25) is 0 Å². The van der Waals surface area contributed by atoms with Crippen LogP contribution in [0.4, 0.5) is 0 Å². The number of carboxylic acid groups (broad SMARTS) is 1. The van der Waals surface area contributed by atoms with Crippen LogP contribution in [0.3, 0.4) is 0 Å². The number of Topliss-reactive ketones (excluding diaryl/α,β-unsaturated/α-hetero) is 3. The lowest BCUT2D eigenvalue weighted by atomic mass is 10.1. The summed E-state index contributed by atoms with van der Waals surface area (Å²) in [5.41, 5.74) is 17.2. The van der Waals surface area contributed by atoms with E-state index in [4.69, 9.17) is 19.3 Å². The van der Waals surface area contributed by atoms with Crippen molar-refractivity contribution in [3.8, 4) is 0 Å². The summed E-state index contributed by atoms with van der Waals surface area (Å²) in [5, 5.41) is 8.40. The number of aliphatic carboxylic acids is 1. The minimum Gasteiger partial charge on any atom is -0.481 e. The number of carbonyl (C=O) groups excluding carboxylic acids is 7. The molecule has 0 aliphatic heterocycles. The Bertz CT molecular complexity index is 3210. The first kappa shape index (κ1) is 83.4. The van der Waals surface area contributed by atoms with Gasteiger partial charge in [-0.2, -0.15) is 0 Å². The van der Waals surface area contributed by atoms with E-state index < -0.39 is 5.97 Å². The fraction of sp³-hybridized carbons (Fsp3) is 0.293. The number of hydrogen-bond acceptors (Lipinski definition) is 12. The van der Waals surface area contributed by atoms with E-state index >= 15 is 0 Å². The molecule has 0 heterocycles. The van der Waals surface area contributed by atoms with Crippen LogP contribution in [0, 0.1) is 55.4 Å². The van der Waals surface area contributed by atoms with Gasteiger partial charge >= 0.3 is 23.9 Å². The Kier molecular flexibility index (Phi) is 43.1. The number of esters is 3. The molecule has 0 aliphatic rings. The molecule has 0 aromatic heterocycles. The number of thioether (sulfide) groups is 1. The maximum atomic E-state index is 11.4. The Morgan fingerprint density at radius 2 is 0.674 bits per heavy atom. The molecule has 0 saturated heterocycles. The summed E-state index contributed by atoms with van der Waals surface area (Å²) in [7, 11) is 0. The molecule has 13 heteroatoms. The van der Waals surface area contributed by atoms with Crippen LogP contribution in [-0.4, -0.2) is 57.9 Å². The maximum Gasteiger partial charge on any atom is 0.303 e. The van der Waals surface area contributed by atoms with Crippen LogP contribution in [0.15, 0.2) is 205 Å². The van der Waals surface area contributed by atoms with Crippen molar-refractivity contribution in [2.75, 3.05) is 5.75 Å². The number of hydrogen-bond donors (Lipinski definition) is 1. The zero-order valence-electron chi connectivity index (χ0n) is 58.3. The molecular formula is C82H98O12S. The molecule has 0 spiro atoms. The fourth-order valence-electron chi connectivity index (χ4n) is 7.32. The van der Waals surface area contributed by atoms with Crippen molar-refractivity contribution in [2.45, 2.75) is 161 Å². The summed E-state index contributed by atoms with van der Waals surface area (Å²) in [5.74, 6) is -0.644. The van der Waals surface area contributed by atoms with Crippen molar-refractivity contribution in [2.24, 2.45) is 0 Å². The molecule has 0 radical (unpaired) electrons. The predicted molar refractivity (Wildman–Crippen MR) is 387 cm³/mol. The molecule has 1 N–H and O–H groups in total. The SMILES string of the molecule is CC(=O)/C=C/c1ccc(C)cc1.CC(=O)CCc1ccc(C)cc1.CC(=O)CSc1ccc(C)cc1.CC(=O)OCc1ccc(C)cc1.CC(=O)OCc1ccc(C)cc1.CC(=O)OCc1ccc(C)cc1.CCc1ccc(C)cc1.Cc1ccc(C(=O)CCC(=O)O)cc1. The molecule has 504 valence electrons. The largest absolute Gasteiger partial charge is 0.481 e. The monoisotopic (exact) mass is 1310 g/mol.